The van der Waals surface area contributed by atoms with E-state index in [0.29, 0.717) is 19.6 Å². The van der Waals surface area contributed by atoms with Crippen molar-refractivity contribution in [2.24, 2.45) is 0 Å². The fourth-order valence-electron chi connectivity index (χ4n) is 2.30. The standard InChI is InChI=1S/C16H24N2O6S/c1-3-18(4-2)12-14(10-11-17-24-16(21)15(19)20)25(22,23)13-8-6-5-7-9-13/h5-9,14,17H,3-4,10-12H2,1-2H3,(H,19,20). The molecule has 0 fully saturated rings. The predicted octanol–water partition coefficient (Wildman–Crippen LogP) is 0.693. The number of carbonyl (C=O) groups is 2. The highest BCUT2D eigenvalue weighted by Crippen LogP contribution is 2.19. The van der Waals surface area contributed by atoms with Crippen molar-refractivity contribution >= 4 is 21.8 Å². The third-order valence-corrected chi connectivity index (χ3v) is 5.97. The maximum Gasteiger partial charge on any atom is 0.435 e. The summed E-state index contributed by atoms with van der Waals surface area (Å²) in [6, 6.07) is 8.15. The Kier molecular flexibility index (Phi) is 8.53. The lowest BCUT2D eigenvalue weighted by molar-refractivity contribution is -0.168. The maximum atomic E-state index is 12.9. The first-order chi connectivity index (χ1) is 11.8. The third kappa shape index (κ3) is 6.45. The van der Waals surface area contributed by atoms with Crippen molar-refractivity contribution in [3.05, 3.63) is 30.3 Å². The van der Waals surface area contributed by atoms with Crippen molar-refractivity contribution in [2.75, 3.05) is 26.2 Å². The molecule has 0 radical (unpaired) electrons. The molecule has 140 valence electrons. The molecule has 0 amide bonds. The number of aliphatic carboxylic acids is 1. The number of nitrogens with zero attached hydrogens (tertiary/aromatic N) is 1. The predicted molar refractivity (Wildman–Crippen MR) is 91.6 cm³/mol. The summed E-state index contributed by atoms with van der Waals surface area (Å²) in [7, 11) is -3.57. The maximum absolute atomic E-state index is 12.9. The quantitative estimate of drug-likeness (QED) is 0.350. The van der Waals surface area contributed by atoms with Gasteiger partial charge in [-0.3, -0.25) is 0 Å². The molecule has 9 heteroatoms. The van der Waals surface area contributed by atoms with Crippen LogP contribution in [0.2, 0.25) is 0 Å². The number of carboxylic acid groups (broad SMARTS) is 1. The van der Waals surface area contributed by atoms with E-state index < -0.39 is 27.0 Å². The van der Waals surface area contributed by atoms with Crippen LogP contribution in [0, 0.1) is 0 Å². The minimum absolute atomic E-state index is 0.0248. The van der Waals surface area contributed by atoms with Gasteiger partial charge >= 0.3 is 11.9 Å². The van der Waals surface area contributed by atoms with Gasteiger partial charge in [-0.2, -0.15) is 5.48 Å². The van der Waals surface area contributed by atoms with Crippen molar-refractivity contribution in [1.29, 1.82) is 0 Å². The molecule has 0 spiro atoms. The van der Waals surface area contributed by atoms with E-state index in [-0.39, 0.29) is 17.9 Å². The fraction of sp³-hybridized carbons (Fsp3) is 0.500. The van der Waals surface area contributed by atoms with E-state index in [1.807, 2.05) is 18.7 Å². The molecule has 1 aromatic rings. The topological polar surface area (TPSA) is 113 Å². The number of hydrogen-bond acceptors (Lipinski definition) is 7. The SMILES string of the molecule is CCN(CC)CC(CCNOC(=O)C(=O)O)S(=O)(=O)c1ccccc1. The molecule has 8 nitrogen and oxygen atoms in total. The Morgan fingerprint density at radius 3 is 2.32 bits per heavy atom. The van der Waals surface area contributed by atoms with Crippen molar-refractivity contribution < 1.29 is 28.0 Å². The number of sulfone groups is 1. The largest absolute Gasteiger partial charge is 0.473 e. The summed E-state index contributed by atoms with van der Waals surface area (Å²) in [6.07, 6.45) is 0.167. The zero-order chi connectivity index (χ0) is 18.9. The normalized spacial score (nSPS) is 12.8. The molecule has 0 saturated carbocycles. The minimum atomic E-state index is -3.57. The van der Waals surface area contributed by atoms with Crippen LogP contribution >= 0.6 is 0 Å². The highest BCUT2D eigenvalue weighted by molar-refractivity contribution is 7.92. The Hall–Kier alpha value is -1.97. The second-order valence-corrected chi connectivity index (χ2v) is 7.57. The Morgan fingerprint density at radius 1 is 1.20 bits per heavy atom. The van der Waals surface area contributed by atoms with Gasteiger partial charge in [0.15, 0.2) is 9.84 Å². The Labute approximate surface area is 147 Å². The Bertz CT molecular complexity index is 658. The van der Waals surface area contributed by atoms with Crippen LogP contribution in [0.15, 0.2) is 35.2 Å². The molecule has 25 heavy (non-hydrogen) atoms. The number of hydroxylamine groups is 1. The zero-order valence-electron chi connectivity index (χ0n) is 14.3. The number of benzene rings is 1. The van der Waals surface area contributed by atoms with E-state index in [1.54, 1.807) is 30.3 Å². The smallest absolute Gasteiger partial charge is 0.435 e. The first kappa shape index (κ1) is 21.1. The lowest BCUT2D eigenvalue weighted by atomic mass is 10.3. The number of nitrogens with one attached hydrogen (secondary N) is 1. The van der Waals surface area contributed by atoms with Gasteiger partial charge in [-0.25, -0.2) is 18.0 Å². The minimum Gasteiger partial charge on any atom is -0.473 e. The van der Waals surface area contributed by atoms with Crippen LogP contribution in [0.25, 0.3) is 0 Å². The van der Waals surface area contributed by atoms with E-state index in [1.165, 1.54) is 0 Å². The summed E-state index contributed by atoms with van der Waals surface area (Å²) < 4.78 is 25.8. The number of hydrogen-bond donors (Lipinski definition) is 2. The van der Waals surface area contributed by atoms with E-state index in [2.05, 4.69) is 10.3 Å². The van der Waals surface area contributed by atoms with Crippen molar-refractivity contribution in [2.45, 2.75) is 30.4 Å². The molecule has 1 rings (SSSR count). The van der Waals surface area contributed by atoms with Crippen LogP contribution < -0.4 is 5.48 Å². The Morgan fingerprint density at radius 2 is 1.80 bits per heavy atom. The summed E-state index contributed by atoms with van der Waals surface area (Å²) in [4.78, 5) is 27.8. The average Bonchev–Trinajstić information content (AvgIpc) is 2.61. The number of rotatable bonds is 10. The second-order valence-electron chi connectivity index (χ2n) is 5.34. The first-order valence-electron chi connectivity index (χ1n) is 8.01. The molecule has 0 saturated heterocycles. The van der Waals surface area contributed by atoms with Gasteiger partial charge in [0.2, 0.25) is 0 Å². The van der Waals surface area contributed by atoms with Crippen molar-refractivity contribution in [1.82, 2.24) is 10.4 Å². The molecule has 0 bridgehead atoms. The Balaban J connectivity index is 2.82. The molecule has 0 aliphatic carbocycles. The van der Waals surface area contributed by atoms with Crippen LogP contribution in [0.1, 0.15) is 20.3 Å². The second kappa shape index (κ2) is 10.1. The molecule has 0 heterocycles. The molecule has 0 aliphatic heterocycles. The molecule has 0 aliphatic rings. The van der Waals surface area contributed by atoms with Gasteiger partial charge in [0.1, 0.15) is 0 Å². The molecular formula is C16H24N2O6S. The van der Waals surface area contributed by atoms with E-state index in [9.17, 15) is 18.0 Å². The number of carbonyl (C=O) groups excluding carboxylic acids is 1. The molecule has 1 unspecified atom stereocenters. The molecule has 0 aromatic heterocycles. The summed E-state index contributed by atoms with van der Waals surface area (Å²) in [5.41, 5.74) is 2.22. The molecule has 2 N–H and O–H groups in total. The lowest BCUT2D eigenvalue weighted by Crippen LogP contribution is -2.39. The molecule has 1 atom stereocenters. The fourth-order valence-corrected chi connectivity index (χ4v) is 4.05. The summed E-state index contributed by atoms with van der Waals surface area (Å²) >= 11 is 0. The monoisotopic (exact) mass is 372 g/mol. The van der Waals surface area contributed by atoms with E-state index >= 15 is 0 Å². The van der Waals surface area contributed by atoms with Gasteiger partial charge in [-0.05, 0) is 31.6 Å². The van der Waals surface area contributed by atoms with Gasteiger partial charge in [0.05, 0.1) is 10.1 Å². The van der Waals surface area contributed by atoms with Crippen LogP contribution in [-0.2, 0) is 24.3 Å². The van der Waals surface area contributed by atoms with Crippen LogP contribution in [0.4, 0.5) is 0 Å². The van der Waals surface area contributed by atoms with Crippen LogP contribution in [0.3, 0.4) is 0 Å². The zero-order valence-corrected chi connectivity index (χ0v) is 15.2. The van der Waals surface area contributed by atoms with Crippen molar-refractivity contribution in [3.8, 4) is 0 Å². The van der Waals surface area contributed by atoms with Crippen LogP contribution in [0.5, 0.6) is 0 Å². The van der Waals surface area contributed by atoms with Crippen LogP contribution in [-0.4, -0.2) is 61.8 Å². The number of carboxylic acids is 1. The highest BCUT2D eigenvalue weighted by Gasteiger charge is 2.28. The highest BCUT2D eigenvalue weighted by atomic mass is 32.2. The van der Waals surface area contributed by atoms with Gasteiger partial charge in [0, 0.05) is 13.1 Å². The first-order valence-corrected chi connectivity index (χ1v) is 9.55. The van der Waals surface area contributed by atoms with Crippen molar-refractivity contribution in [3.63, 3.8) is 0 Å². The molecule has 1 aromatic carbocycles. The van der Waals surface area contributed by atoms with E-state index in [0.717, 1.165) is 0 Å². The van der Waals surface area contributed by atoms with E-state index in [4.69, 9.17) is 5.11 Å². The molecular weight excluding hydrogens is 348 g/mol. The third-order valence-electron chi connectivity index (χ3n) is 3.77. The summed E-state index contributed by atoms with van der Waals surface area (Å²) in [5, 5.41) is 7.72. The summed E-state index contributed by atoms with van der Waals surface area (Å²) in [6.45, 7) is 5.67. The summed E-state index contributed by atoms with van der Waals surface area (Å²) in [5.74, 6) is -3.16. The van der Waals surface area contributed by atoms with Gasteiger partial charge in [-0.1, -0.05) is 32.0 Å². The average molecular weight is 372 g/mol. The van der Waals surface area contributed by atoms with Gasteiger partial charge < -0.3 is 14.8 Å². The van der Waals surface area contributed by atoms with Gasteiger partial charge in [0.25, 0.3) is 0 Å². The van der Waals surface area contributed by atoms with Gasteiger partial charge in [-0.15, -0.1) is 0 Å². The lowest BCUT2D eigenvalue weighted by Gasteiger charge is -2.25.